The summed E-state index contributed by atoms with van der Waals surface area (Å²) in [5, 5.41) is 12.3. The molecule has 1 unspecified atom stereocenters. The molecule has 0 aliphatic carbocycles. The maximum atomic E-state index is 4.53. The van der Waals surface area contributed by atoms with Gasteiger partial charge in [0, 0.05) is 31.5 Å². The maximum absolute atomic E-state index is 4.53. The summed E-state index contributed by atoms with van der Waals surface area (Å²) >= 11 is 0. The average Bonchev–Trinajstić information content (AvgIpc) is 2.99. The molecule has 19 heavy (non-hydrogen) atoms. The van der Waals surface area contributed by atoms with Crippen LogP contribution in [0.4, 0.5) is 0 Å². The van der Waals surface area contributed by atoms with Crippen LogP contribution >= 0.6 is 0 Å². The van der Waals surface area contributed by atoms with E-state index in [2.05, 4.69) is 46.3 Å². The van der Waals surface area contributed by atoms with Crippen molar-refractivity contribution in [3.05, 3.63) is 35.4 Å². The summed E-state index contributed by atoms with van der Waals surface area (Å²) in [4.78, 5) is 0. The third-order valence-electron chi connectivity index (χ3n) is 3.35. The fourth-order valence-corrected chi connectivity index (χ4v) is 2.52. The van der Waals surface area contributed by atoms with Crippen molar-refractivity contribution in [2.75, 3.05) is 7.05 Å². The first-order valence-electron chi connectivity index (χ1n) is 6.92. The second kappa shape index (κ2) is 6.02. The normalized spacial score (nSPS) is 12.8. The molecule has 5 heteroatoms. The van der Waals surface area contributed by atoms with Crippen molar-refractivity contribution in [2.24, 2.45) is 7.05 Å². The number of nitrogens with zero attached hydrogens (tertiary/aromatic N) is 4. The Hall–Kier alpha value is -1.62. The van der Waals surface area contributed by atoms with E-state index >= 15 is 0 Å². The Kier molecular flexibility index (Phi) is 4.37. The van der Waals surface area contributed by atoms with Gasteiger partial charge in [0.05, 0.1) is 17.4 Å². The van der Waals surface area contributed by atoms with Crippen LogP contribution in [0.5, 0.6) is 0 Å². The van der Waals surface area contributed by atoms with Gasteiger partial charge in [0.1, 0.15) is 0 Å². The van der Waals surface area contributed by atoms with Crippen LogP contribution in [0.1, 0.15) is 43.3 Å². The van der Waals surface area contributed by atoms with Crippen molar-refractivity contribution < 1.29 is 0 Å². The molecule has 0 saturated heterocycles. The molecule has 2 aromatic heterocycles. The molecule has 0 amide bonds. The van der Waals surface area contributed by atoms with Gasteiger partial charge in [-0.2, -0.15) is 10.2 Å². The van der Waals surface area contributed by atoms with Gasteiger partial charge in [0.15, 0.2) is 0 Å². The van der Waals surface area contributed by atoms with E-state index in [1.807, 2.05) is 25.0 Å². The fraction of sp³-hybridized carbons (Fsp3) is 0.571. The molecule has 0 spiro atoms. The first-order valence-corrected chi connectivity index (χ1v) is 6.92. The highest BCUT2D eigenvalue weighted by Crippen LogP contribution is 2.24. The standard InChI is InChI=1S/C14H23N5/c1-5-9-19-13(7-8-16-19)14(15-3)11-10-18(4)17-12(11)6-2/h7-8,10,14-15H,5-6,9H2,1-4H3. The molecule has 1 atom stereocenters. The third kappa shape index (κ3) is 2.71. The Bertz CT molecular complexity index is 526. The van der Waals surface area contributed by atoms with E-state index in [-0.39, 0.29) is 6.04 Å². The van der Waals surface area contributed by atoms with Crippen molar-refractivity contribution in [2.45, 2.75) is 39.3 Å². The van der Waals surface area contributed by atoms with Crippen LogP contribution in [0.2, 0.25) is 0 Å². The smallest absolute Gasteiger partial charge is 0.0779 e. The Balaban J connectivity index is 2.40. The third-order valence-corrected chi connectivity index (χ3v) is 3.35. The van der Waals surface area contributed by atoms with E-state index in [0.717, 1.165) is 25.1 Å². The van der Waals surface area contributed by atoms with Gasteiger partial charge in [-0.25, -0.2) is 0 Å². The molecule has 104 valence electrons. The summed E-state index contributed by atoms with van der Waals surface area (Å²) in [7, 11) is 3.96. The predicted octanol–water partition coefficient (Wildman–Crippen LogP) is 1.90. The van der Waals surface area contributed by atoms with Crippen molar-refractivity contribution in [3.63, 3.8) is 0 Å². The number of nitrogens with one attached hydrogen (secondary N) is 1. The number of aromatic nitrogens is 4. The molecule has 0 radical (unpaired) electrons. The van der Waals surface area contributed by atoms with Crippen LogP contribution in [-0.4, -0.2) is 26.6 Å². The number of hydrogen-bond acceptors (Lipinski definition) is 3. The maximum Gasteiger partial charge on any atom is 0.0779 e. The molecule has 0 fully saturated rings. The molecular weight excluding hydrogens is 238 g/mol. The summed E-state index contributed by atoms with van der Waals surface area (Å²) in [6, 6.07) is 2.24. The van der Waals surface area contributed by atoms with E-state index < -0.39 is 0 Å². The summed E-state index contributed by atoms with van der Waals surface area (Å²) < 4.78 is 3.96. The molecular formula is C14H23N5. The number of rotatable bonds is 6. The van der Waals surface area contributed by atoms with Gasteiger partial charge in [-0.05, 0) is 26.0 Å². The molecule has 1 N–H and O–H groups in total. The lowest BCUT2D eigenvalue weighted by Gasteiger charge is -2.17. The van der Waals surface area contributed by atoms with E-state index in [4.69, 9.17) is 0 Å². The molecule has 0 aromatic carbocycles. The molecule has 0 bridgehead atoms. The van der Waals surface area contributed by atoms with Gasteiger partial charge in [-0.3, -0.25) is 9.36 Å². The van der Waals surface area contributed by atoms with Crippen LogP contribution in [0, 0.1) is 0 Å². The second-order valence-corrected chi connectivity index (χ2v) is 4.76. The number of aryl methyl sites for hydroxylation is 3. The summed E-state index contributed by atoms with van der Waals surface area (Å²) in [5.74, 6) is 0. The largest absolute Gasteiger partial charge is 0.308 e. The zero-order valence-corrected chi connectivity index (χ0v) is 12.2. The number of hydrogen-bond donors (Lipinski definition) is 1. The zero-order chi connectivity index (χ0) is 13.8. The molecule has 0 aliphatic heterocycles. The minimum absolute atomic E-state index is 0.151. The Labute approximate surface area is 114 Å². The van der Waals surface area contributed by atoms with Gasteiger partial charge in [-0.15, -0.1) is 0 Å². The van der Waals surface area contributed by atoms with Crippen molar-refractivity contribution in [1.29, 1.82) is 0 Å². The van der Waals surface area contributed by atoms with Gasteiger partial charge < -0.3 is 5.32 Å². The summed E-state index contributed by atoms with van der Waals surface area (Å²) in [5.41, 5.74) is 3.59. The molecule has 2 aromatic rings. The highest BCUT2D eigenvalue weighted by atomic mass is 15.3. The van der Waals surface area contributed by atoms with Crippen molar-refractivity contribution in [1.82, 2.24) is 24.9 Å². The highest BCUT2D eigenvalue weighted by molar-refractivity contribution is 5.29. The Morgan fingerprint density at radius 3 is 2.79 bits per heavy atom. The quantitative estimate of drug-likeness (QED) is 0.864. The van der Waals surface area contributed by atoms with Crippen molar-refractivity contribution >= 4 is 0 Å². The topological polar surface area (TPSA) is 47.7 Å². The van der Waals surface area contributed by atoms with E-state index in [1.165, 1.54) is 11.3 Å². The van der Waals surface area contributed by atoms with Crippen LogP contribution in [0.15, 0.2) is 18.5 Å². The molecule has 2 heterocycles. The first-order chi connectivity index (χ1) is 9.21. The molecule has 5 nitrogen and oxygen atoms in total. The van der Waals surface area contributed by atoms with Crippen LogP contribution in [0.25, 0.3) is 0 Å². The van der Waals surface area contributed by atoms with Gasteiger partial charge in [0.2, 0.25) is 0 Å². The first kappa shape index (κ1) is 13.8. The highest BCUT2D eigenvalue weighted by Gasteiger charge is 2.21. The van der Waals surface area contributed by atoms with Crippen LogP contribution in [0.3, 0.4) is 0 Å². The minimum atomic E-state index is 0.151. The SMILES string of the molecule is CCCn1nccc1C(NC)c1cn(C)nc1CC. The molecule has 0 aliphatic rings. The van der Waals surface area contributed by atoms with E-state index in [1.54, 1.807) is 0 Å². The zero-order valence-electron chi connectivity index (χ0n) is 12.2. The van der Waals surface area contributed by atoms with E-state index in [0.29, 0.717) is 0 Å². The van der Waals surface area contributed by atoms with Crippen LogP contribution in [-0.2, 0) is 20.0 Å². The van der Waals surface area contributed by atoms with Crippen LogP contribution < -0.4 is 5.32 Å². The van der Waals surface area contributed by atoms with Gasteiger partial charge in [0.25, 0.3) is 0 Å². The minimum Gasteiger partial charge on any atom is -0.308 e. The van der Waals surface area contributed by atoms with Gasteiger partial charge >= 0.3 is 0 Å². The lowest BCUT2D eigenvalue weighted by molar-refractivity contribution is 0.533. The van der Waals surface area contributed by atoms with Gasteiger partial charge in [-0.1, -0.05) is 13.8 Å². The Morgan fingerprint density at radius 1 is 1.37 bits per heavy atom. The van der Waals surface area contributed by atoms with Crippen molar-refractivity contribution in [3.8, 4) is 0 Å². The summed E-state index contributed by atoms with van der Waals surface area (Å²) in [6.45, 7) is 5.26. The predicted molar refractivity (Wildman–Crippen MR) is 76.0 cm³/mol. The lowest BCUT2D eigenvalue weighted by Crippen LogP contribution is -2.22. The molecule has 2 rings (SSSR count). The summed E-state index contributed by atoms with van der Waals surface area (Å²) in [6.07, 6.45) is 6.00. The monoisotopic (exact) mass is 261 g/mol. The van der Waals surface area contributed by atoms with E-state index in [9.17, 15) is 0 Å². The molecule has 0 saturated carbocycles. The fourth-order valence-electron chi connectivity index (χ4n) is 2.52. The lowest BCUT2D eigenvalue weighted by atomic mass is 10.0. The average molecular weight is 261 g/mol. The Morgan fingerprint density at radius 2 is 2.16 bits per heavy atom. The second-order valence-electron chi connectivity index (χ2n) is 4.76.